The minimum Gasteiger partial charge on any atom is -0.468 e. The largest absolute Gasteiger partial charge is 0.468 e. The van der Waals surface area contributed by atoms with E-state index in [1.165, 1.54) is 11.3 Å². The quantitative estimate of drug-likeness (QED) is 0.580. The zero-order valence-corrected chi connectivity index (χ0v) is 14.5. The van der Waals surface area contributed by atoms with Crippen LogP contribution in [0.2, 0.25) is 0 Å². The van der Waals surface area contributed by atoms with Gasteiger partial charge in [0.15, 0.2) is 0 Å². The second-order valence-electron chi connectivity index (χ2n) is 5.55. The van der Waals surface area contributed by atoms with Crippen LogP contribution in [-0.2, 0) is 9.53 Å². The summed E-state index contributed by atoms with van der Waals surface area (Å²) in [5.41, 5.74) is -0.444. The summed E-state index contributed by atoms with van der Waals surface area (Å²) in [6.45, 7) is 3.01. The topological polar surface area (TPSA) is 38.3 Å². The molecule has 0 spiro atoms. The van der Waals surface area contributed by atoms with Gasteiger partial charge in [0.25, 0.3) is 0 Å². The lowest BCUT2D eigenvalue weighted by Gasteiger charge is -2.34. The molecule has 0 aromatic carbocycles. The molecule has 2 rings (SSSR count). The van der Waals surface area contributed by atoms with Crippen LogP contribution in [0.15, 0.2) is 21.7 Å². The van der Waals surface area contributed by atoms with Crippen LogP contribution in [0.1, 0.15) is 39.0 Å². The molecule has 118 valence electrons. The molecule has 1 N–H and O–H groups in total. The standard InChI is InChI=1S/C16H25NO2S2/c1-3-10-17-16(15(18)19-2)9-4-6-13(16)8-12-21-14-7-5-11-20-14/h5,7,11,13,17H,3-4,6,8-10,12H2,1-2H3. The Morgan fingerprint density at radius 3 is 3.14 bits per heavy atom. The van der Waals surface area contributed by atoms with Crippen molar-refractivity contribution in [3.63, 3.8) is 0 Å². The molecule has 2 atom stereocenters. The van der Waals surface area contributed by atoms with Crippen molar-refractivity contribution in [2.45, 2.75) is 48.8 Å². The van der Waals surface area contributed by atoms with Crippen molar-refractivity contribution in [2.24, 2.45) is 5.92 Å². The van der Waals surface area contributed by atoms with Crippen molar-refractivity contribution in [1.82, 2.24) is 5.32 Å². The molecule has 5 heteroatoms. The highest BCUT2D eigenvalue weighted by Gasteiger charge is 2.48. The Hall–Kier alpha value is -0.520. The van der Waals surface area contributed by atoms with Crippen LogP contribution in [0.4, 0.5) is 0 Å². The van der Waals surface area contributed by atoms with Gasteiger partial charge in [-0.1, -0.05) is 19.4 Å². The van der Waals surface area contributed by atoms with Crippen molar-refractivity contribution < 1.29 is 9.53 Å². The Morgan fingerprint density at radius 1 is 1.62 bits per heavy atom. The molecular formula is C16H25NO2S2. The maximum absolute atomic E-state index is 12.4. The van der Waals surface area contributed by atoms with E-state index in [9.17, 15) is 4.79 Å². The van der Waals surface area contributed by atoms with Gasteiger partial charge >= 0.3 is 5.97 Å². The fraction of sp³-hybridized carbons (Fsp3) is 0.688. The number of ether oxygens (including phenoxy) is 1. The molecule has 1 aliphatic rings. The van der Waals surface area contributed by atoms with Gasteiger partial charge in [0, 0.05) is 0 Å². The predicted molar refractivity (Wildman–Crippen MR) is 90.0 cm³/mol. The highest BCUT2D eigenvalue weighted by molar-refractivity contribution is 8.01. The number of hydrogen-bond donors (Lipinski definition) is 1. The van der Waals surface area contributed by atoms with Crippen molar-refractivity contribution >= 4 is 29.1 Å². The van der Waals surface area contributed by atoms with Gasteiger partial charge in [-0.3, -0.25) is 4.79 Å². The first-order chi connectivity index (χ1) is 10.2. The highest BCUT2D eigenvalue weighted by Crippen LogP contribution is 2.40. The number of thioether (sulfide) groups is 1. The second-order valence-corrected chi connectivity index (χ2v) is 7.89. The maximum atomic E-state index is 12.4. The van der Waals surface area contributed by atoms with Gasteiger partial charge in [-0.05, 0) is 55.3 Å². The molecule has 0 radical (unpaired) electrons. The third-order valence-electron chi connectivity index (χ3n) is 4.27. The van der Waals surface area contributed by atoms with Gasteiger partial charge in [0.2, 0.25) is 0 Å². The summed E-state index contributed by atoms with van der Waals surface area (Å²) in [5.74, 6) is 1.39. The smallest absolute Gasteiger partial charge is 0.326 e. The number of esters is 1. The third-order valence-corrected chi connectivity index (χ3v) is 6.43. The number of carbonyl (C=O) groups excluding carboxylic acids is 1. The first kappa shape index (κ1) is 16.8. The molecule has 1 heterocycles. The zero-order chi connectivity index (χ0) is 15.1. The number of nitrogens with one attached hydrogen (secondary N) is 1. The minimum atomic E-state index is -0.444. The lowest BCUT2D eigenvalue weighted by molar-refractivity contribution is -0.150. The van der Waals surface area contributed by atoms with Crippen molar-refractivity contribution in [3.8, 4) is 0 Å². The molecule has 0 amide bonds. The maximum Gasteiger partial charge on any atom is 0.326 e. The summed E-state index contributed by atoms with van der Waals surface area (Å²) in [7, 11) is 1.51. The summed E-state index contributed by atoms with van der Waals surface area (Å²) in [6.07, 6.45) is 5.24. The predicted octanol–water partition coefficient (Wildman–Crippen LogP) is 3.94. The Kier molecular flexibility index (Phi) is 6.58. The fourth-order valence-corrected chi connectivity index (χ4v) is 5.14. The molecule has 3 nitrogen and oxygen atoms in total. The van der Waals surface area contributed by atoms with E-state index in [0.717, 1.165) is 44.4 Å². The van der Waals surface area contributed by atoms with E-state index < -0.39 is 5.54 Å². The Balaban J connectivity index is 1.96. The number of rotatable bonds is 8. The molecule has 2 unspecified atom stereocenters. The van der Waals surface area contributed by atoms with Gasteiger partial charge < -0.3 is 10.1 Å². The fourth-order valence-electron chi connectivity index (χ4n) is 3.22. The van der Waals surface area contributed by atoms with E-state index in [4.69, 9.17) is 4.74 Å². The Bertz CT molecular complexity index is 435. The number of hydrogen-bond acceptors (Lipinski definition) is 5. The van der Waals surface area contributed by atoms with Crippen molar-refractivity contribution in [1.29, 1.82) is 0 Å². The van der Waals surface area contributed by atoms with E-state index in [2.05, 4.69) is 29.8 Å². The lowest BCUT2D eigenvalue weighted by atomic mass is 9.85. The SMILES string of the molecule is CCCNC1(C(=O)OC)CCCC1CCSc1cccs1. The third kappa shape index (κ3) is 4.02. The van der Waals surface area contributed by atoms with E-state index >= 15 is 0 Å². The van der Waals surface area contributed by atoms with Gasteiger partial charge in [-0.15, -0.1) is 23.1 Å². The molecule has 1 fully saturated rings. The van der Waals surface area contributed by atoms with Gasteiger partial charge in [0.1, 0.15) is 5.54 Å². The van der Waals surface area contributed by atoms with Crippen LogP contribution in [0.3, 0.4) is 0 Å². The lowest BCUT2D eigenvalue weighted by Crippen LogP contribution is -2.55. The van der Waals surface area contributed by atoms with Gasteiger partial charge in [0.05, 0.1) is 11.3 Å². The first-order valence-corrected chi connectivity index (χ1v) is 9.59. The van der Waals surface area contributed by atoms with E-state index in [1.54, 1.807) is 11.3 Å². The average Bonchev–Trinajstić information content (AvgIpc) is 3.15. The van der Waals surface area contributed by atoms with E-state index in [-0.39, 0.29) is 5.97 Å². The molecule has 1 aromatic rings. The minimum absolute atomic E-state index is 0.0698. The van der Waals surface area contributed by atoms with E-state index in [1.807, 2.05) is 11.8 Å². The van der Waals surface area contributed by atoms with Crippen LogP contribution >= 0.6 is 23.1 Å². The summed E-state index contributed by atoms with van der Waals surface area (Å²) >= 11 is 3.68. The number of carbonyl (C=O) groups is 1. The second kappa shape index (κ2) is 8.20. The Labute approximate surface area is 135 Å². The van der Waals surface area contributed by atoms with Gasteiger partial charge in [-0.25, -0.2) is 0 Å². The first-order valence-electron chi connectivity index (χ1n) is 7.72. The monoisotopic (exact) mass is 327 g/mol. The molecule has 21 heavy (non-hydrogen) atoms. The Morgan fingerprint density at radius 2 is 2.48 bits per heavy atom. The van der Waals surface area contributed by atoms with Gasteiger partial charge in [-0.2, -0.15) is 0 Å². The molecule has 0 aliphatic heterocycles. The molecule has 0 saturated heterocycles. The number of methoxy groups -OCH3 is 1. The summed E-state index contributed by atoms with van der Waals surface area (Å²) < 4.78 is 6.47. The van der Waals surface area contributed by atoms with Crippen molar-refractivity contribution in [2.75, 3.05) is 19.4 Å². The van der Waals surface area contributed by atoms with Crippen molar-refractivity contribution in [3.05, 3.63) is 17.5 Å². The molecule has 1 aromatic heterocycles. The normalized spacial score (nSPS) is 25.1. The molecule has 1 saturated carbocycles. The molecular weight excluding hydrogens is 302 g/mol. The molecule has 1 aliphatic carbocycles. The highest BCUT2D eigenvalue weighted by atomic mass is 32.2. The van der Waals surface area contributed by atoms with Crippen LogP contribution in [0.25, 0.3) is 0 Å². The van der Waals surface area contributed by atoms with Crippen LogP contribution in [0.5, 0.6) is 0 Å². The molecule has 0 bridgehead atoms. The average molecular weight is 328 g/mol. The zero-order valence-electron chi connectivity index (χ0n) is 12.9. The summed E-state index contributed by atoms with van der Waals surface area (Å²) in [6, 6.07) is 4.25. The summed E-state index contributed by atoms with van der Waals surface area (Å²) in [5, 5.41) is 5.62. The van der Waals surface area contributed by atoms with Crippen LogP contribution in [-0.4, -0.2) is 30.9 Å². The van der Waals surface area contributed by atoms with Crippen LogP contribution < -0.4 is 5.32 Å². The van der Waals surface area contributed by atoms with E-state index in [0.29, 0.717) is 5.92 Å². The van der Waals surface area contributed by atoms with Crippen LogP contribution in [0, 0.1) is 5.92 Å². The number of thiophene rings is 1. The summed E-state index contributed by atoms with van der Waals surface area (Å²) in [4.78, 5) is 12.4.